The van der Waals surface area contributed by atoms with Crippen LogP contribution in [0.2, 0.25) is 0 Å². The molecule has 7 heteroatoms. The largest absolute Gasteiger partial charge is 0.356 e. The lowest BCUT2D eigenvalue weighted by atomic mass is 10.1. The molecule has 0 aromatic heterocycles. The molecule has 0 aliphatic carbocycles. The van der Waals surface area contributed by atoms with Gasteiger partial charge in [-0.2, -0.15) is 0 Å². The maximum atomic E-state index is 13.6. The van der Waals surface area contributed by atoms with Gasteiger partial charge in [0.05, 0.1) is 11.1 Å². The summed E-state index contributed by atoms with van der Waals surface area (Å²) in [4.78, 5) is 30.1. The molecular formula is C22H25FN4O2. The number of imide groups is 1. The van der Waals surface area contributed by atoms with E-state index < -0.39 is 0 Å². The maximum absolute atomic E-state index is 13.6. The van der Waals surface area contributed by atoms with E-state index >= 15 is 0 Å². The molecule has 0 saturated carbocycles. The van der Waals surface area contributed by atoms with Gasteiger partial charge in [-0.15, -0.1) is 0 Å². The number of aryl methyl sites for hydroxylation is 1. The van der Waals surface area contributed by atoms with Crippen LogP contribution in [0.3, 0.4) is 0 Å². The average molecular weight is 396 g/mol. The minimum atomic E-state index is -0.222. The Bertz CT molecular complexity index is 907. The number of nitrogens with zero attached hydrogens (tertiary/aromatic N) is 2. The number of fused-ring (bicyclic) bond motifs is 1. The van der Waals surface area contributed by atoms with Gasteiger partial charge in [-0.3, -0.25) is 19.5 Å². The van der Waals surface area contributed by atoms with Crippen LogP contribution in [0.15, 0.2) is 47.5 Å². The SMILES string of the molecule is CN=C(NCCCCN1C(=O)c2ccccc2C1=O)NCc1ccc(C)c(F)c1. The number of hydrogen-bond donors (Lipinski definition) is 2. The molecular weight excluding hydrogens is 371 g/mol. The Kier molecular flexibility index (Phi) is 6.59. The smallest absolute Gasteiger partial charge is 0.261 e. The molecule has 29 heavy (non-hydrogen) atoms. The third kappa shape index (κ3) is 4.80. The van der Waals surface area contributed by atoms with Crippen molar-refractivity contribution >= 4 is 17.8 Å². The van der Waals surface area contributed by atoms with Crippen molar-refractivity contribution in [1.29, 1.82) is 0 Å². The lowest BCUT2D eigenvalue weighted by Crippen LogP contribution is -2.37. The molecule has 2 aromatic carbocycles. The first-order valence-corrected chi connectivity index (χ1v) is 9.66. The molecule has 0 radical (unpaired) electrons. The minimum Gasteiger partial charge on any atom is -0.356 e. The molecule has 152 valence electrons. The summed E-state index contributed by atoms with van der Waals surface area (Å²) < 4.78 is 13.6. The van der Waals surface area contributed by atoms with E-state index in [2.05, 4.69) is 15.6 Å². The number of halogens is 1. The Balaban J connectivity index is 1.39. The van der Waals surface area contributed by atoms with Crippen LogP contribution in [0.4, 0.5) is 4.39 Å². The first-order chi connectivity index (χ1) is 14.0. The third-order valence-corrected chi connectivity index (χ3v) is 4.90. The van der Waals surface area contributed by atoms with Crippen LogP contribution in [0.1, 0.15) is 44.7 Å². The number of carbonyl (C=O) groups is 2. The van der Waals surface area contributed by atoms with Crippen LogP contribution in [-0.4, -0.2) is 42.8 Å². The highest BCUT2D eigenvalue weighted by Crippen LogP contribution is 2.22. The van der Waals surface area contributed by atoms with E-state index in [1.54, 1.807) is 44.3 Å². The fraction of sp³-hybridized carbons (Fsp3) is 0.318. The van der Waals surface area contributed by atoms with Crippen molar-refractivity contribution in [3.05, 3.63) is 70.5 Å². The van der Waals surface area contributed by atoms with Gasteiger partial charge in [0, 0.05) is 26.7 Å². The number of rotatable bonds is 7. The molecule has 2 N–H and O–H groups in total. The summed E-state index contributed by atoms with van der Waals surface area (Å²) in [5.41, 5.74) is 2.41. The zero-order valence-corrected chi connectivity index (χ0v) is 16.7. The van der Waals surface area contributed by atoms with Crippen LogP contribution < -0.4 is 10.6 Å². The monoisotopic (exact) mass is 396 g/mol. The molecule has 0 fully saturated rings. The molecule has 0 saturated heterocycles. The Morgan fingerprint density at radius 3 is 2.34 bits per heavy atom. The summed E-state index contributed by atoms with van der Waals surface area (Å²) in [6.07, 6.45) is 1.46. The predicted molar refractivity (Wildman–Crippen MR) is 110 cm³/mol. The third-order valence-electron chi connectivity index (χ3n) is 4.90. The van der Waals surface area contributed by atoms with Crippen molar-refractivity contribution in [2.45, 2.75) is 26.3 Å². The van der Waals surface area contributed by atoms with Crippen LogP contribution in [0.5, 0.6) is 0 Å². The van der Waals surface area contributed by atoms with Gasteiger partial charge in [-0.25, -0.2) is 4.39 Å². The average Bonchev–Trinajstić information content (AvgIpc) is 2.97. The van der Waals surface area contributed by atoms with Crippen molar-refractivity contribution in [2.75, 3.05) is 20.1 Å². The van der Waals surface area contributed by atoms with Crippen LogP contribution in [0, 0.1) is 12.7 Å². The fourth-order valence-corrected chi connectivity index (χ4v) is 3.20. The first kappa shape index (κ1) is 20.5. The van der Waals surface area contributed by atoms with E-state index in [1.165, 1.54) is 11.0 Å². The standard InChI is InChI=1S/C22H25FN4O2/c1-15-9-10-16(13-19(15)23)14-26-22(24-2)25-11-5-6-12-27-20(28)17-7-3-4-8-18(17)21(27)29/h3-4,7-10,13H,5-6,11-12,14H2,1-2H3,(H2,24,25,26). The normalized spacial score (nSPS) is 13.6. The van der Waals surface area contributed by atoms with Gasteiger partial charge in [0.2, 0.25) is 0 Å². The fourth-order valence-electron chi connectivity index (χ4n) is 3.20. The molecule has 0 atom stereocenters. The van der Waals surface area contributed by atoms with Gasteiger partial charge in [0.15, 0.2) is 5.96 Å². The number of amides is 2. The number of benzene rings is 2. The number of nitrogens with one attached hydrogen (secondary N) is 2. The molecule has 0 spiro atoms. The minimum absolute atomic E-state index is 0.221. The van der Waals surface area contributed by atoms with E-state index in [0.29, 0.717) is 48.7 Å². The summed E-state index contributed by atoms with van der Waals surface area (Å²) in [7, 11) is 1.67. The maximum Gasteiger partial charge on any atom is 0.261 e. The summed E-state index contributed by atoms with van der Waals surface area (Å²) in [6, 6.07) is 12.0. The van der Waals surface area contributed by atoms with Crippen LogP contribution in [0.25, 0.3) is 0 Å². The van der Waals surface area contributed by atoms with Gasteiger partial charge in [0.1, 0.15) is 5.82 Å². The molecule has 1 heterocycles. The summed E-state index contributed by atoms with van der Waals surface area (Å²) in [5, 5.41) is 6.33. The summed E-state index contributed by atoms with van der Waals surface area (Å²) in [6.45, 7) is 3.23. The summed E-state index contributed by atoms with van der Waals surface area (Å²) >= 11 is 0. The van der Waals surface area contributed by atoms with Crippen molar-refractivity contribution in [1.82, 2.24) is 15.5 Å². The number of carbonyl (C=O) groups excluding carboxylic acids is 2. The quantitative estimate of drug-likeness (QED) is 0.327. The topological polar surface area (TPSA) is 73.8 Å². The molecule has 3 rings (SSSR count). The highest BCUT2D eigenvalue weighted by Gasteiger charge is 2.34. The van der Waals surface area contributed by atoms with E-state index in [1.807, 2.05) is 6.07 Å². The zero-order valence-electron chi connectivity index (χ0n) is 16.7. The number of aliphatic imine (C=N–C) groups is 1. The van der Waals surface area contributed by atoms with Crippen molar-refractivity contribution < 1.29 is 14.0 Å². The lowest BCUT2D eigenvalue weighted by Gasteiger charge is -2.15. The number of hydrogen-bond acceptors (Lipinski definition) is 3. The molecule has 2 amide bonds. The first-order valence-electron chi connectivity index (χ1n) is 9.66. The molecule has 1 aliphatic heterocycles. The number of unbranched alkanes of at least 4 members (excludes halogenated alkanes) is 1. The van der Waals surface area contributed by atoms with Crippen molar-refractivity contribution in [3.8, 4) is 0 Å². The van der Waals surface area contributed by atoms with E-state index in [4.69, 9.17) is 0 Å². The summed E-state index contributed by atoms with van der Waals surface area (Å²) in [5.74, 6) is -0.0464. The van der Waals surface area contributed by atoms with Crippen LogP contribution in [-0.2, 0) is 6.54 Å². The molecule has 6 nitrogen and oxygen atoms in total. The zero-order chi connectivity index (χ0) is 20.8. The molecule has 1 aliphatic rings. The molecule has 0 bridgehead atoms. The van der Waals surface area contributed by atoms with Crippen molar-refractivity contribution in [3.63, 3.8) is 0 Å². The van der Waals surface area contributed by atoms with Gasteiger partial charge in [-0.1, -0.05) is 24.3 Å². The van der Waals surface area contributed by atoms with E-state index in [0.717, 1.165) is 12.0 Å². The Hall–Kier alpha value is -3.22. The molecule has 0 unspecified atom stereocenters. The Morgan fingerprint density at radius 1 is 1.03 bits per heavy atom. The van der Waals surface area contributed by atoms with Gasteiger partial charge in [0.25, 0.3) is 11.8 Å². The van der Waals surface area contributed by atoms with Gasteiger partial charge < -0.3 is 10.6 Å². The van der Waals surface area contributed by atoms with Gasteiger partial charge in [-0.05, 0) is 49.1 Å². The van der Waals surface area contributed by atoms with E-state index in [9.17, 15) is 14.0 Å². The second-order valence-electron chi connectivity index (χ2n) is 6.95. The van der Waals surface area contributed by atoms with Crippen molar-refractivity contribution in [2.24, 2.45) is 4.99 Å². The highest BCUT2D eigenvalue weighted by atomic mass is 19.1. The van der Waals surface area contributed by atoms with E-state index in [-0.39, 0.29) is 17.6 Å². The van der Waals surface area contributed by atoms with Gasteiger partial charge >= 0.3 is 0 Å². The van der Waals surface area contributed by atoms with Crippen LogP contribution >= 0.6 is 0 Å². The second-order valence-corrected chi connectivity index (χ2v) is 6.95. The Labute approximate surface area is 169 Å². The highest BCUT2D eigenvalue weighted by molar-refractivity contribution is 6.21. The molecule has 2 aromatic rings. The predicted octanol–water partition coefficient (Wildman–Crippen LogP) is 2.88. The lowest BCUT2D eigenvalue weighted by molar-refractivity contribution is 0.0652. The number of guanidine groups is 1. The second kappa shape index (κ2) is 9.32. The Morgan fingerprint density at radius 2 is 1.72 bits per heavy atom.